The summed E-state index contributed by atoms with van der Waals surface area (Å²) in [6.07, 6.45) is 2.81. The van der Waals surface area contributed by atoms with Crippen molar-refractivity contribution < 1.29 is 9.53 Å². The summed E-state index contributed by atoms with van der Waals surface area (Å²) in [6, 6.07) is 14.9. The Morgan fingerprint density at radius 3 is 2.74 bits per heavy atom. The van der Waals surface area contributed by atoms with Gasteiger partial charge in [0, 0.05) is 5.56 Å². The van der Waals surface area contributed by atoms with Crippen molar-refractivity contribution in [3.05, 3.63) is 54.4 Å². The summed E-state index contributed by atoms with van der Waals surface area (Å²) in [5.74, 6) is 2.58. The van der Waals surface area contributed by atoms with E-state index >= 15 is 0 Å². The van der Waals surface area contributed by atoms with Gasteiger partial charge in [0.15, 0.2) is 6.61 Å². The van der Waals surface area contributed by atoms with Crippen molar-refractivity contribution in [3.8, 4) is 17.1 Å². The van der Waals surface area contributed by atoms with Gasteiger partial charge in [-0.3, -0.25) is 4.79 Å². The van der Waals surface area contributed by atoms with Crippen LogP contribution in [0.25, 0.3) is 22.4 Å². The van der Waals surface area contributed by atoms with Gasteiger partial charge in [-0.1, -0.05) is 12.1 Å². The molecule has 1 amide bonds. The summed E-state index contributed by atoms with van der Waals surface area (Å²) in [7, 11) is 1.71. The number of rotatable bonds is 9. The molecule has 0 saturated heterocycles. The van der Waals surface area contributed by atoms with Crippen LogP contribution < -0.4 is 10.1 Å². The molecule has 0 saturated carbocycles. The summed E-state index contributed by atoms with van der Waals surface area (Å²) in [5, 5.41) is 15.0. The molecule has 2 N–H and O–H groups in total. The van der Waals surface area contributed by atoms with Crippen LogP contribution in [0.2, 0.25) is 0 Å². The molecular formula is C21H23N7O2S. The number of imidazole rings is 1. The first-order valence-electron chi connectivity index (χ1n) is 9.82. The number of nitrogens with zero attached hydrogens (tertiary/aromatic N) is 5. The zero-order valence-electron chi connectivity index (χ0n) is 17.3. The number of nitrogens with one attached hydrogen (secondary N) is 2. The SMILES string of the molecule is CSCCC(NC(=O)COc1ccc(-c2nnn(C)n2)cc1)c1nc2ccccc2[nH]1. The number of hydrogen-bond acceptors (Lipinski definition) is 7. The van der Waals surface area contributed by atoms with E-state index in [1.807, 2.05) is 42.7 Å². The van der Waals surface area contributed by atoms with Crippen molar-refractivity contribution in [2.75, 3.05) is 18.6 Å². The highest BCUT2D eigenvalue weighted by Gasteiger charge is 2.18. The van der Waals surface area contributed by atoms with Gasteiger partial charge in [0.05, 0.1) is 24.1 Å². The molecule has 0 aliphatic rings. The smallest absolute Gasteiger partial charge is 0.258 e. The number of amides is 1. The minimum Gasteiger partial charge on any atom is -0.484 e. The lowest BCUT2D eigenvalue weighted by atomic mass is 10.2. The second-order valence-corrected chi connectivity index (χ2v) is 7.94. The van der Waals surface area contributed by atoms with Crippen LogP contribution in [-0.2, 0) is 11.8 Å². The Balaban J connectivity index is 1.37. The molecule has 0 radical (unpaired) electrons. The van der Waals surface area contributed by atoms with Crippen molar-refractivity contribution in [1.29, 1.82) is 0 Å². The fourth-order valence-electron chi connectivity index (χ4n) is 3.14. The first kappa shape index (κ1) is 20.9. The van der Waals surface area contributed by atoms with Gasteiger partial charge in [0.2, 0.25) is 5.82 Å². The molecule has 1 unspecified atom stereocenters. The number of tetrazole rings is 1. The lowest BCUT2D eigenvalue weighted by Crippen LogP contribution is -2.33. The van der Waals surface area contributed by atoms with Gasteiger partial charge in [-0.2, -0.15) is 16.6 Å². The molecule has 4 aromatic rings. The van der Waals surface area contributed by atoms with Crippen LogP contribution in [0.3, 0.4) is 0 Å². The van der Waals surface area contributed by atoms with Crippen LogP contribution in [0.4, 0.5) is 0 Å². The lowest BCUT2D eigenvalue weighted by Gasteiger charge is -2.16. The predicted octanol–water partition coefficient (Wildman–Crippen LogP) is 2.74. The Labute approximate surface area is 183 Å². The second-order valence-electron chi connectivity index (χ2n) is 6.96. The highest BCUT2D eigenvalue weighted by Crippen LogP contribution is 2.21. The molecule has 0 aliphatic heterocycles. The molecule has 0 bridgehead atoms. The molecule has 9 nitrogen and oxygen atoms in total. The van der Waals surface area contributed by atoms with Gasteiger partial charge < -0.3 is 15.0 Å². The number of aromatic nitrogens is 6. The zero-order valence-corrected chi connectivity index (χ0v) is 18.1. The van der Waals surface area contributed by atoms with Crippen LogP contribution in [0, 0.1) is 0 Å². The number of H-pyrrole nitrogens is 1. The normalized spacial score (nSPS) is 12.1. The predicted molar refractivity (Wildman–Crippen MR) is 120 cm³/mol. The van der Waals surface area contributed by atoms with Crippen molar-refractivity contribution in [3.63, 3.8) is 0 Å². The van der Waals surface area contributed by atoms with Crippen LogP contribution in [-0.4, -0.2) is 54.7 Å². The standard InChI is InChI=1S/C21H23N7O2S/c1-28-26-20(25-27-28)14-7-9-15(10-8-14)30-13-19(29)22-18(11-12-31-2)21-23-16-5-3-4-6-17(16)24-21/h3-10,18H,11-13H2,1-2H3,(H,22,29)(H,23,24). The zero-order chi connectivity index (χ0) is 21.6. The Bertz CT molecular complexity index is 1120. The highest BCUT2D eigenvalue weighted by atomic mass is 32.2. The number of hydrogen-bond donors (Lipinski definition) is 2. The van der Waals surface area contributed by atoms with Crippen LogP contribution in [0.5, 0.6) is 5.75 Å². The number of thioether (sulfide) groups is 1. The average molecular weight is 438 g/mol. The number of ether oxygens (including phenoxy) is 1. The van der Waals surface area contributed by atoms with Gasteiger partial charge in [0.1, 0.15) is 11.6 Å². The third-order valence-electron chi connectivity index (χ3n) is 4.67. The third-order valence-corrected chi connectivity index (χ3v) is 5.32. The molecule has 0 fully saturated rings. The van der Waals surface area contributed by atoms with E-state index in [1.165, 1.54) is 4.80 Å². The topological polar surface area (TPSA) is 111 Å². The monoisotopic (exact) mass is 437 g/mol. The highest BCUT2D eigenvalue weighted by molar-refractivity contribution is 7.98. The quantitative estimate of drug-likeness (QED) is 0.414. The molecular weight excluding hydrogens is 414 g/mol. The van der Waals surface area contributed by atoms with Crippen LogP contribution in [0.15, 0.2) is 48.5 Å². The maximum atomic E-state index is 12.6. The van der Waals surface area contributed by atoms with E-state index < -0.39 is 0 Å². The minimum atomic E-state index is -0.207. The summed E-state index contributed by atoms with van der Waals surface area (Å²) in [4.78, 5) is 21.9. The summed E-state index contributed by atoms with van der Waals surface area (Å²) >= 11 is 1.73. The van der Waals surface area contributed by atoms with E-state index in [2.05, 4.69) is 30.7 Å². The van der Waals surface area contributed by atoms with Crippen molar-refractivity contribution in [1.82, 2.24) is 35.5 Å². The van der Waals surface area contributed by atoms with E-state index in [4.69, 9.17) is 4.74 Å². The van der Waals surface area contributed by atoms with Crippen molar-refractivity contribution in [2.24, 2.45) is 7.05 Å². The molecule has 0 spiro atoms. The molecule has 31 heavy (non-hydrogen) atoms. The Morgan fingerprint density at radius 2 is 2.03 bits per heavy atom. The molecule has 10 heteroatoms. The van der Waals surface area contributed by atoms with E-state index in [-0.39, 0.29) is 18.6 Å². The fraction of sp³-hybridized carbons (Fsp3) is 0.286. The van der Waals surface area contributed by atoms with Crippen LogP contribution >= 0.6 is 11.8 Å². The number of aromatic amines is 1. The van der Waals surface area contributed by atoms with Gasteiger partial charge in [-0.25, -0.2) is 4.98 Å². The number of para-hydroxylation sites is 2. The largest absolute Gasteiger partial charge is 0.484 e. The minimum absolute atomic E-state index is 0.0846. The van der Waals surface area contributed by atoms with E-state index in [9.17, 15) is 4.79 Å². The molecule has 160 valence electrons. The molecule has 1 atom stereocenters. The second kappa shape index (κ2) is 9.61. The number of aryl methyl sites for hydroxylation is 1. The maximum Gasteiger partial charge on any atom is 0.258 e. The summed E-state index contributed by atoms with van der Waals surface area (Å²) in [6.45, 7) is -0.0846. The molecule has 2 aromatic heterocycles. The van der Waals surface area contributed by atoms with Crippen LogP contribution in [0.1, 0.15) is 18.3 Å². The first-order valence-corrected chi connectivity index (χ1v) is 11.2. The van der Waals surface area contributed by atoms with E-state index in [0.717, 1.165) is 34.6 Å². The van der Waals surface area contributed by atoms with Gasteiger partial charge in [-0.05, 0) is 60.0 Å². The Hall–Kier alpha value is -3.40. The average Bonchev–Trinajstić information content (AvgIpc) is 3.41. The van der Waals surface area contributed by atoms with Crippen molar-refractivity contribution >= 4 is 28.7 Å². The summed E-state index contributed by atoms with van der Waals surface area (Å²) in [5.41, 5.74) is 2.66. The Morgan fingerprint density at radius 1 is 1.23 bits per heavy atom. The Kier molecular flexibility index (Phi) is 6.46. The number of benzene rings is 2. The van der Waals surface area contributed by atoms with Gasteiger partial charge >= 0.3 is 0 Å². The van der Waals surface area contributed by atoms with E-state index in [1.54, 1.807) is 30.9 Å². The number of carbonyl (C=O) groups is 1. The van der Waals surface area contributed by atoms with Gasteiger partial charge in [0.25, 0.3) is 5.91 Å². The summed E-state index contributed by atoms with van der Waals surface area (Å²) < 4.78 is 5.65. The van der Waals surface area contributed by atoms with Gasteiger partial charge in [-0.15, -0.1) is 10.2 Å². The third kappa shape index (κ3) is 5.21. The molecule has 4 rings (SSSR count). The molecule has 0 aliphatic carbocycles. The number of carbonyl (C=O) groups excluding carboxylic acids is 1. The molecule has 2 heterocycles. The molecule has 2 aromatic carbocycles. The number of fused-ring (bicyclic) bond motifs is 1. The maximum absolute atomic E-state index is 12.6. The first-order chi connectivity index (χ1) is 15.1. The van der Waals surface area contributed by atoms with E-state index in [0.29, 0.717) is 11.6 Å². The van der Waals surface area contributed by atoms with Crippen molar-refractivity contribution in [2.45, 2.75) is 12.5 Å². The fourth-order valence-corrected chi connectivity index (χ4v) is 3.61. The lowest BCUT2D eigenvalue weighted by molar-refractivity contribution is -0.123.